The SMILES string of the molecule is CC(C)(CCO)CNC(=O)C1CCCCCCC1. The number of aliphatic hydroxyl groups is 1. The topological polar surface area (TPSA) is 49.3 Å². The van der Waals surface area contributed by atoms with Gasteiger partial charge in [0.15, 0.2) is 0 Å². The lowest BCUT2D eigenvalue weighted by atomic mass is 9.88. The molecule has 1 rings (SSSR count). The number of carbonyl (C=O) groups excluding carboxylic acids is 1. The molecule has 106 valence electrons. The molecule has 3 heteroatoms. The van der Waals surface area contributed by atoms with Crippen LogP contribution in [0.2, 0.25) is 0 Å². The van der Waals surface area contributed by atoms with E-state index in [1.807, 2.05) is 0 Å². The van der Waals surface area contributed by atoms with E-state index < -0.39 is 0 Å². The minimum atomic E-state index is -0.00791. The fraction of sp³-hybridized carbons (Fsp3) is 0.933. The molecule has 1 aliphatic carbocycles. The molecule has 0 aromatic carbocycles. The molecule has 0 atom stereocenters. The molecule has 1 amide bonds. The van der Waals surface area contributed by atoms with E-state index in [9.17, 15) is 4.79 Å². The van der Waals surface area contributed by atoms with Gasteiger partial charge in [-0.1, -0.05) is 46.0 Å². The Morgan fingerprint density at radius 2 is 1.72 bits per heavy atom. The first-order chi connectivity index (χ1) is 8.55. The Kier molecular flexibility index (Phi) is 6.69. The van der Waals surface area contributed by atoms with Gasteiger partial charge >= 0.3 is 0 Å². The van der Waals surface area contributed by atoms with Crippen molar-refractivity contribution in [1.29, 1.82) is 0 Å². The number of amides is 1. The first kappa shape index (κ1) is 15.5. The maximum absolute atomic E-state index is 12.1. The average Bonchev–Trinajstić information content (AvgIpc) is 2.25. The molecular weight excluding hydrogens is 226 g/mol. The van der Waals surface area contributed by atoms with Crippen LogP contribution >= 0.6 is 0 Å². The number of nitrogens with one attached hydrogen (secondary N) is 1. The van der Waals surface area contributed by atoms with Crippen LogP contribution in [0.4, 0.5) is 0 Å². The summed E-state index contributed by atoms with van der Waals surface area (Å²) in [6, 6.07) is 0. The van der Waals surface area contributed by atoms with Crippen molar-refractivity contribution in [3.8, 4) is 0 Å². The number of hydrogen-bond donors (Lipinski definition) is 2. The second-order valence-corrected chi connectivity index (χ2v) is 6.40. The largest absolute Gasteiger partial charge is 0.396 e. The van der Waals surface area contributed by atoms with Crippen LogP contribution in [0.3, 0.4) is 0 Å². The van der Waals surface area contributed by atoms with Crippen LogP contribution in [0, 0.1) is 11.3 Å². The van der Waals surface area contributed by atoms with E-state index in [-0.39, 0.29) is 23.8 Å². The van der Waals surface area contributed by atoms with Crippen LogP contribution in [-0.2, 0) is 4.79 Å². The molecule has 0 aromatic heterocycles. The second kappa shape index (κ2) is 7.78. The van der Waals surface area contributed by atoms with E-state index in [2.05, 4.69) is 19.2 Å². The van der Waals surface area contributed by atoms with Gasteiger partial charge in [0.2, 0.25) is 5.91 Å². The van der Waals surface area contributed by atoms with E-state index in [4.69, 9.17) is 5.11 Å². The van der Waals surface area contributed by atoms with Gasteiger partial charge in [-0.2, -0.15) is 0 Å². The Hall–Kier alpha value is -0.570. The molecule has 0 radical (unpaired) electrons. The summed E-state index contributed by atoms with van der Waals surface area (Å²) in [5.74, 6) is 0.443. The van der Waals surface area contributed by atoms with Crippen molar-refractivity contribution in [3.05, 3.63) is 0 Å². The lowest BCUT2D eigenvalue weighted by Gasteiger charge is -2.26. The zero-order valence-corrected chi connectivity index (χ0v) is 12.0. The fourth-order valence-corrected chi connectivity index (χ4v) is 2.58. The smallest absolute Gasteiger partial charge is 0.223 e. The van der Waals surface area contributed by atoms with E-state index >= 15 is 0 Å². The lowest BCUT2D eigenvalue weighted by molar-refractivity contribution is -0.126. The summed E-state index contributed by atoms with van der Waals surface area (Å²) >= 11 is 0. The monoisotopic (exact) mass is 255 g/mol. The third-order valence-electron chi connectivity index (χ3n) is 4.01. The highest BCUT2D eigenvalue weighted by molar-refractivity contribution is 5.78. The van der Waals surface area contributed by atoms with Gasteiger partial charge in [-0.3, -0.25) is 4.79 Å². The standard InChI is InChI=1S/C15H29NO2/c1-15(2,10-11-17)12-16-14(18)13-8-6-4-3-5-7-9-13/h13,17H,3-12H2,1-2H3,(H,16,18). The molecule has 0 saturated heterocycles. The van der Waals surface area contributed by atoms with Crippen LogP contribution in [0.15, 0.2) is 0 Å². The van der Waals surface area contributed by atoms with Crippen LogP contribution in [0.5, 0.6) is 0 Å². The van der Waals surface area contributed by atoms with Crippen LogP contribution in [0.1, 0.15) is 65.2 Å². The molecule has 1 fully saturated rings. The van der Waals surface area contributed by atoms with Crippen molar-refractivity contribution in [3.63, 3.8) is 0 Å². The highest BCUT2D eigenvalue weighted by atomic mass is 16.3. The molecule has 0 heterocycles. The maximum atomic E-state index is 12.1. The molecule has 0 aromatic rings. The molecule has 0 bridgehead atoms. The van der Waals surface area contributed by atoms with Crippen molar-refractivity contribution in [1.82, 2.24) is 5.32 Å². The number of aliphatic hydroxyl groups excluding tert-OH is 1. The highest BCUT2D eigenvalue weighted by Crippen LogP contribution is 2.23. The Balaban J connectivity index is 2.34. The fourth-order valence-electron chi connectivity index (χ4n) is 2.58. The Morgan fingerprint density at radius 1 is 1.17 bits per heavy atom. The minimum Gasteiger partial charge on any atom is -0.396 e. The first-order valence-electron chi connectivity index (χ1n) is 7.44. The van der Waals surface area contributed by atoms with Crippen LogP contribution in [0.25, 0.3) is 0 Å². The number of carbonyl (C=O) groups is 1. The van der Waals surface area contributed by atoms with Crippen molar-refractivity contribution in [2.75, 3.05) is 13.2 Å². The van der Waals surface area contributed by atoms with E-state index in [0.29, 0.717) is 6.54 Å². The van der Waals surface area contributed by atoms with Crippen LogP contribution < -0.4 is 5.32 Å². The zero-order valence-electron chi connectivity index (χ0n) is 12.0. The Bertz CT molecular complexity index is 243. The van der Waals surface area contributed by atoms with E-state index in [1.165, 1.54) is 32.1 Å². The predicted molar refractivity (Wildman–Crippen MR) is 74.3 cm³/mol. The first-order valence-corrected chi connectivity index (χ1v) is 7.44. The van der Waals surface area contributed by atoms with Crippen molar-refractivity contribution in [2.24, 2.45) is 11.3 Å². The van der Waals surface area contributed by atoms with Gasteiger partial charge in [-0.15, -0.1) is 0 Å². The van der Waals surface area contributed by atoms with Crippen molar-refractivity contribution >= 4 is 5.91 Å². The van der Waals surface area contributed by atoms with E-state index in [0.717, 1.165) is 19.3 Å². The quantitative estimate of drug-likeness (QED) is 0.793. The van der Waals surface area contributed by atoms with Gasteiger partial charge in [0.1, 0.15) is 0 Å². The Morgan fingerprint density at radius 3 is 2.28 bits per heavy atom. The van der Waals surface area contributed by atoms with Crippen molar-refractivity contribution in [2.45, 2.75) is 65.2 Å². The van der Waals surface area contributed by atoms with Gasteiger partial charge in [0.25, 0.3) is 0 Å². The third kappa shape index (κ3) is 5.85. The molecule has 1 saturated carbocycles. The Labute approximate surface area is 111 Å². The van der Waals surface area contributed by atoms with Crippen molar-refractivity contribution < 1.29 is 9.90 Å². The zero-order chi connectivity index (χ0) is 13.4. The van der Waals surface area contributed by atoms with Gasteiger partial charge in [0, 0.05) is 19.1 Å². The van der Waals surface area contributed by atoms with Gasteiger partial charge in [0.05, 0.1) is 0 Å². The summed E-state index contributed by atoms with van der Waals surface area (Å²) in [7, 11) is 0. The average molecular weight is 255 g/mol. The molecular formula is C15H29NO2. The lowest BCUT2D eigenvalue weighted by Crippen LogP contribution is -2.38. The third-order valence-corrected chi connectivity index (χ3v) is 4.01. The number of hydrogen-bond acceptors (Lipinski definition) is 2. The molecule has 0 aliphatic heterocycles. The van der Waals surface area contributed by atoms with Gasteiger partial charge in [-0.25, -0.2) is 0 Å². The summed E-state index contributed by atoms with van der Waals surface area (Å²) in [5.41, 5.74) is -0.00791. The van der Waals surface area contributed by atoms with Gasteiger partial charge in [-0.05, 0) is 24.7 Å². The molecule has 18 heavy (non-hydrogen) atoms. The molecule has 0 spiro atoms. The summed E-state index contributed by atoms with van der Waals surface area (Å²) in [6.07, 6.45) is 9.10. The van der Waals surface area contributed by atoms with Gasteiger partial charge < -0.3 is 10.4 Å². The molecule has 1 aliphatic rings. The predicted octanol–water partition coefficient (Wildman–Crippen LogP) is 2.87. The minimum absolute atomic E-state index is 0.00791. The second-order valence-electron chi connectivity index (χ2n) is 6.40. The summed E-state index contributed by atoms with van der Waals surface area (Å²) in [4.78, 5) is 12.1. The highest BCUT2D eigenvalue weighted by Gasteiger charge is 2.22. The maximum Gasteiger partial charge on any atom is 0.223 e. The van der Waals surface area contributed by atoms with E-state index in [1.54, 1.807) is 0 Å². The number of rotatable bonds is 5. The summed E-state index contributed by atoms with van der Waals surface area (Å²) in [6.45, 7) is 5.03. The normalized spacial score (nSPS) is 19.1. The van der Waals surface area contributed by atoms with Crippen LogP contribution in [-0.4, -0.2) is 24.2 Å². The molecule has 0 unspecified atom stereocenters. The summed E-state index contributed by atoms with van der Waals surface area (Å²) < 4.78 is 0. The summed E-state index contributed by atoms with van der Waals surface area (Å²) in [5, 5.41) is 12.0. The molecule has 3 nitrogen and oxygen atoms in total. The molecule has 2 N–H and O–H groups in total.